The van der Waals surface area contributed by atoms with E-state index in [9.17, 15) is 4.79 Å². The molecule has 1 rings (SSSR count). The number of hydrogen-bond acceptors (Lipinski definition) is 2. The summed E-state index contributed by atoms with van der Waals surface area (Å²) in [4.78, 5) is 17.2. The van der Waals surface area contributed by atoms with Crippen LogP contribution in [0.25, 0.3) is 0 Å². The molecule has 1 aromatic rings. The van der Waals surface area contributed by atoms with Crippen molar-refractivity contribution in [3.63, 3.8) is 0 Å². The second-order valence-electron chi connectivity index (χ2n) is 3.69. The van der Waals surface area contributed by atoms with Gasteiger partial charge < -0.3 is 0 Å². The largest absolute Gasteiger partial charge is 0.272 e. The van der Waals surface area contributed by atoms with E-state index in [0.29, 0.717) is 18.7 Å². The third-order valence-corrected chi connectivity index (χ3v) is 2.12. The van der Waals surface area contributed by atoms with Crippen LogP contribution in [0.15, 0.2) is 55.1 Å². The summed E-state index contributed by atoms with van der Waals surface area (Å²) in [5.74, 6) is -0.221. The van der Waals surface area contributed by atoms with Gasteiger partial charge in [0.2, 0.25) is 0 Å². The predicted molar refractivity (Wildman–Crippen MR) is 68.0 cm³/mol. The van der Waals surface area contributed by atoms with E-state index in [-0.39, 0.29) is 5.91 Å². The van der Waals surface area contributed by atoms with Crippen molar-refractivity contribution in [1.29, 1.82) is 0 Å². The van der Waals surface area contributed by atoms with E-state index in [0.717, 1.165) is 5.56 Å². The van der Waals surface area contributed by atoms with Gasteiger partial charge in [0.15, 0.2) is 0 Å². The Bertz CT molecular complexity index is 398. The number of carbonyl (C=O) groups excluding carboxylic acids is 1. The number of amides is 1. The maximum Gasteiger partial charge on any atom is 0.272 e. The highest BCUT2D eigenvalue weighted by Crippen LogP contribution is 2.06. The van der Waals surface area contributed by atoms with E-state index < -0.39 is 0 Å². The molecule has 0 aliphatic rings. The first-order chi connectivity index (χ1) is 8.15. The molecule has 0 aliphatic heterocycles. The minimum absolute atomic E-state index is 0.221. The molecule has 0 fully saturated rings. The minimum atomic E-state index is -0.221. The molecule has 90 valence electrons. The van der Waals surface area contributed by atoms with Crippen LogP contribution < -0.4 is 0 Å². The van der Waals surface area contributed by atoms with E-state index in [1.807, 2.05) is 30.3 Å². The zero-order chi connectivity index (χ0) is 12.7. The SMILES string of the molecule is C=CCN(OCc1ccccc1)C(=O)C(=C)C. The van der Waals surface area contributed by atoms with Crippen LogP contribution in [0.2, 0.25) is 0 Å². The molecule has 0 saturated carbocycles. The van der Waals surface area contributed by atoms with Crippen molar-refractivity contribution in [2.75, 3.05) is 6.54 Å². The Morgan fingerprint density at radius 2 is 2.06 bits per heavy atom. The van der Waals surface area contributed by atoms with E-state index in [1.165, 1.54) is 5.06 Å². The zero-order valence-corrected chi connectivity index (χ0v) is 10.1. The Morgan fingerprint density at radius 3 is 2.59 bits per heavy atom. The van der Waals surface area contributed by atoms with Crippen molar-refractivity contribution in [1.82, 2.24) is 5.06 Å². The Morgan fingerprint density at radius 1 is 1.41 bits per heavy atom. The third kappa shape index (κ3) is 4.25. The van der Waals surface area contributed by atoms with Crippen molar-refractivity contribution in [3.05, 3.63) is 60.7 Å². The highest BCUT2D eigenvalue weighted by molar-refractivity contribution is 5.91. The number of hydrogen-bond donors (Lipinski definition) is 0. The molecular weight excluding hydrogens is 214 g/mol. The average Bonchev–Trinajstić information content (AvgIpc) is 2.34. The Hall–Kier alpha value is -1.87. The monoisotopic (exact) mass is 231 g/mol. The first-order valence-electron chi connectivity index (χ1n) is 5.40. The summed E-state index contributed by atoms with van der Waals surface area (Å²) in [7, 11) is 0. The lowest BCUT2D eigenvalue weighted by atomic mass is 10.2. The Balaban J connectivity index is 2.59. The lowest BCUT2D eigenvalue weighted by molar-refractivity contribution is -0.183. The first kappa shape index (κ1) is 13.2. The highest BCUT2D eigenvalue weighted by Gasteiger charge is 2.13. The fraction of sp³-hybridized carbons (Fsp3) is 0.214. The Labute approximate surface area is 102 Å². The lowest BCUT2D eigenvalue weighted by Gasteiger charge is -2.20. The molecule has 1 amide bonds. The normalized spacial score (nSPS) is 9.71. The minimum Gasteiger partial charge on any atom is -0.267 e. The zero-order valence-electron chi connectivity index (χ0n) is 10.1. The summed E-state index contributed by atoms with van der Waals surface area (Å²) in [5.41, 5.74) is 1.45. The van der Waals surface area contributed by atoms with Gasteiger partial charge in [-0.15, -0.1) is 6.58 Å². The van der Waals surface area contributed by atoms with Crippen molar-refractivity contribution in [3.8, 4) is 0 Å². The van der Waals surface area contributed by atoms with E-state index in [2.05, 4.69) is 13.2 Å². The van der Waals surface area contributed by atoms with Gasteiger partial charge in [0.25, 0.3) is 5.91 Å². The molecule has 0 bridgehead atoms. The molecule has 1 aromatic carbocycles. The topological polar surface area (TPSA) is 29.5 Å². The standard InChI is InChI=1S/C14H17NO2/c1-4-10-15(14(16)12(2)3)17-11-13-8-6-5-7-9-13/h4-9H,1-2,10-11H2,3H3. The van der Waals surface area contributed by atoms with E-state index in [1.54, 1.807) is 13.0 Å². The van der Waals surface area contributed by atoms with Gasteiger partial charge in [-0.25, -0.2) is 5.06 Å². The summed E-state index contributed by atoms with van der Waals surface area (Å²) >= 11 is 0. The second-order valence-corrected chi connectivity index (χ2v) is 3.69. The fourth-order valence-electron chi connectivity index (χ4n) is 1.25. The first-order valence-corrected chi connectivity index (χ1v) is 5.40. The fourth-order valence-corrected chi connectivity index (χ4v) is 1.25. The van der Waals surface area contributed by atoms with Gasteiger partial charge in [0.1, 0.15) is 6.61 Å². The van der Waals surface area contributed by atoms with Gasteiger partial charge in [-0.05, 0) is 12.5 Å². The van der Waals surface area contributed by atoms with Gasteiger partial charge in [-0.2, -0.15) is 0 Å². The van der Waals surface area contributed by atoms with Gasteiger partial charge in [-0.1, -0.05) is 43.0 Å². The summed E-state index contributed by atoms with van der Waals surface area (Å²) in [5, 5.41) is 1.27. The van der Waals surface area contributed by atoms with Gasteiger partial charge in [0.05, 0.1) is 6.54 Å². The van der Waals surface area contributed by atoms with Crippen LogP contribution >= 0.6 is 0 Å². The number of nitrogens with zero attached hydrogens (tertiary/aromatic N) is 1. The Kier molecular flexibility index (Phi) is 5.17. The van der Waals surface area contributed by atoms with Gasteiger partial charge in [-0.3, -0.25) is 9.63 Å². The van der Waals surface area contributed by atoms with Crippen molar-refractivity contribution >= 4 is 5.91 Å². The number of hydroxylamine groups is 2. The number of carbonyl (C=O) groups is 1. The molecule has 3 nitrogen and oxygen atoms in total. The summed E-state index contributed by atoms with van der Waals surface area (Å²) in [6, 6.07) is 9.67. The molecule has 0 saturated heterocycles. The highest BCUT2D eigenvalue weighted by atomic mass is 16.7. The number of rotatable bonds is 6. The quantitative estimate of drug-likeness (QED) is 0.428. The summed E-state index contributed by atoms with van der Waals surface area (Å²) in [6.45, 7) is 9.56. The van der Waals surface area contributed by atoms with Crippen LogP contribution in [-0.4, -0.2) is 17.5 Å². The predicted octanol–water partition coefficient (Wildman–Crippen LogP) is 2.71. The molecule has 0 radical (unpaired) electrons. The van der Waals surface area contributed by atoms with Crippen molar-refractivity contribution in [2.45, 2.75) is 13.5 Å². The molecule has 3 heteroatoms. The van der Waals surface area contributed by atoms with Gasteiger partial charge in [0, 0.05) is 5.57 Å². The van der Waals surface area contributed by atoms with Crippen LogP contribution in [0.1, 0.15) is 12.5 Å². The molecule has 0 heterocycles. The molecule has 0 spiro atoms. The smallest absolute Gasteiger partial charge is 0.267 e. The molecule has 0 N–H and O–H groups in total. The van der Waals surface area contributed by atoms with Crippen LogP contribution in [0.4, 0.5) is 0 Å². The van der Waals surface area contributed by atoms with Crippen LogP contribution in [0.5, 0.6) is 0 Å². The van der Waals surface area contributed by atoms with Crippen molar-refractivity contribution in [2.24, 2.45) is 0 Å². The molecular formula is C14H17NO2. The molecule has 0 aromatic heterocycles. The summed E-state index contributed by atoms with van der Waals surface area (Å²) < 4.78 is 0. The van der Waals surface area contributed by atoms with Gasteiger partial charge >= 0.3 is 0 Å². The molecule has 0 aliphatic carbocycles. The summed E-state index contributed by atoms with van der Waals surface area (Å²) in [6.07, 6.45) is 1.62. The number of benzene rings is 1. The van der Waals surface area contributed by atoms with E-state index in [4.69, 9.17) is 4.84 Å². The van der Waals surface area contributed by atoms with Crippen LogP contribution in [0.3, 0.4) is 0 Å². The second kappa shape index (κ2) is 6.66. The van der Waals surface area contributed by atoms with Crippen LogP contribution in [0, 0.1) is 0 Å². The lowest BCUT2D eigenvalue weighted by Crippen LogP contribution is -2.31. The third-order valence-electron chi connectivity index (χ3n) is 2.12. The molecule has 0 atom stereocenters. The molecule has 17 heavy (non-hydrogen) atoms. The van der Waals surface area contributed by atoms with E-state index >= 15 is 0 Å². The maximum absolute atomic E-state index is 11.7. The van der Waals surface area contributed by atoms with Crippen molar-refractivity contribution < 1.29 is 9.63 Å². The maximum atomic E-state index is 11.7. The molecule has 0 unspecified atom stereocenters. The average molecular weight is 231 g/mol. The van der Waals surface area contributed by atoms with Crippen LogP contribution in [-0.2, 0) is 16.2 Å².